The van der Waals surface area contributed by atoms with Gasteiger partial charge in [-0.15, -0.1) is 10.2 Å². The first-order valence-corrected chi connectivity index (χ1v) is 5.59. The maximum atomic E-state index is 12.2. The molecule has 0 fully saturated rings. The van der Waals surface area contributed by atoms with Crippen LogP contribution in [0.15, 0.2) is 0 Å². The van der Waals surface area contributed by atoms with E-state index in [4.69, 9.17) is 0 Å². The molecule has 0 atom stereocenters. The number of aromatic nitrogens is 2. The van der Waals surface area contributed by atoms with Crippen molar-refractivity contribution in [3.05, 3.63) is 5.01 Å². The molecule has 0 amide bonds. The molecular weight excluding hydrogens is 241 g/mol. The third-order valence-electron chi connectivity index (χ3n) is 1.62. The van der Waals surface area contributed by atoms with E-state index in [1.54, 1.807) is 0 Å². The van der Waals surface area contributed by atoms with Crippen LogP contribution in [0.4, 0.5) is 18.3 Å². The van der Waals surface area contributed by atoms with Crippen molar-refractivity contribution in [1.29, 1.82) is 0 Å². The lowest BCUT2D eigenvalue weighted by Gasteiger charge is -2.07. The van der Waals surface area contributed by atoms with Gasteiger partial charge in [0.2, 0.25) is 10.1 Å². The van der Waals surface area contributed by atoms with E-state index in [2.05, 4.69) is 20.8 Å². The van der Waals surface area contributed by atoms with Gasteiger partial charge in [0.05, 0.1) is 0 Å². The number of hydrogen-bond donors (Lipinski definition) is 2. The third-order valence-corrected chi connectivity index (χ3v) is 2.55. The molecule has 2 N–H and O–H groups in total. The van der Waals surface area contributed by atoms with Gasteiger partial charge in [0.25, 0.3) is 0 Å². The van der Waals surface area contributed by atoms with Crippen molar-refractivity contribution in [3.8, 4) is 0 Å². The Kier molecular flexibility index (Phi) is 4.48. The topological polar surface area (TPSA) is 49.8 Å². The zero-order valence-corrected chi connectivity index (χ0v) is 9.74. The summed E-state index contributed by atoms with van der Waals surface area (Å²) < 4.78 is 36.5. The number of nitrogens with one attached hydrogen (secondary N) is 2. The van der Waals surface area contributed by atoms with E-state index < -0.39 is 11.2 Å². The monoisotopic (exact) mass is 254 g/mol. The Morgan fingerprint density at radius 1 is 1.25 bits per heavy atom. The van der Waals surface area contributed by atoms with Gasteiger partial charge in [-0.1, -0.05) is 25.2 Å². The predicted molar refractivity (Wildman–Crippen MR) is 56.5 cm³/mol. The molecule has 1 heterocycles. The smallest absolute Gasteiger partial charge is 0.359 e. The number of rotatable bonds is 5. The minimum atomic E-state index is -4.41. The lowest BCUT2D eigenvalue weighted by Crippen LogP contribution is -2.28. The van der Waals surface area contributed by atoms with Crippen LogP contribution in [0.1, 0.15) is 18.9 Å². The molecular formula is C8H13F3N4S. The minimum Gasteiger partial charge on any atom is -0.359 e. The van der Waals surface area contributed by atoms with Gasteiger partial charge in [-0.25, -0.2) is 0 Å². The van der Waals surface area contributed by atoms with Gasteiger partial charge in [0.15, 0.2) is 0 Å². The van der Waals surface area contributed by atoms with E-state index >= 15 is 0 Å². The van der Waals surface area contributed by atoms with E-state index in [0.29, 0.717) is 30.5 Å². The van der Waals surface area contributed by atoms with Crippen molar-refractivity contribution in [3.63, 3.8) is 0 Å². The SMILES string of the molecule is CC(C)NCCNc1nnc(C(F)(F)F)s1. The van der Waals surface area contributed by atoms with Crippen LogP contribution < -0.4 is 10.6 Å². The molecule has 0 saturated heterocycles. The Balaban J connectivity index is 2.36. The molecule has 1 rings (SSSR count). The van der Waals surface area contributed by atoms with Gasteiger partial charge in [0.1, 0.15) is 0 Å². The number of anilines is 1. The van der Waals surface area contributed by atoms with Crippen LogP contribution in [0.2, 0.25) is 0 Å². The third kappa shape index (κ3) is 4.31. The zero-order valence-electron chi connectivity index (χ0n) is 8.93. The molecule has 1 aromatic rings. The highest BCUT2D eigenvalue weighted by molar-refractivity contribution is 7.15. The average Bonchev–Trinajstić information content (AvgIpc) is 2.59. The minimum absolute atomic E-state index is 0.192. The zero-order chi connectivity index (χ0) is 12.2. The normalized spacial score (nSPS) is 12.1. The summed E-state index contributed by atoms with van der Waals surface area (Å²) in [7, 11) is 0. The largest absolute Gasteiger partial charge is 0.445 e. The molecule has 1 aromatic heterocycles. The maximum absolute atomic E-state index is 12.2. The standard InChI is InChI=1S/C8H13F3N4S/c1-5(2)12-3-4-13-7-15-14-6(16-7)8(9,10)11/h5,12H,3-4H2,1-2H3,(H,13,15). The summed E-state index contributed by atoms with van der Waals surface area (Å²) in [6, 6.07) is 0.349. The fraction of sp³-hybridized carbons (Fsp3) is 0.750. The van der Waals surface area contributed by atoms with Crippen molar-refractivity contribution in [2.75, 3.05) is 18.4 Å². The Bertz CT molecular complexity index is 323. The average molecular weight is 254 g/mol. The van der Waals surface area contributed by atoms with E-state index in [1.165, 1.54) is 0 Å². The second kappa shape index (κ2) is 5.44. The fourth-order valence-corrected chi connectivity index (χ4v) is 1.58. The van der Waals surface area contributed by atoms with Gasteiger partial charge in [-0.2, -0.15) is 13.2 Å². The molecule has 0 bridgehead atoms. The van der Waals surface area contributed by atoms with Crippen LogP contribution in [-0.4, -0.2) is 29.3 Å². The highest BCUT2D eigenvalue weighted by Crippen LogP contribution is 2.32. The van der Waals surface area contributed by atoms with Gasteiger partial charge >= 0.3 is 6.18 Å². The molecule has 8 heteroatoms. The first-order chi connectivity index (χ1) is 7.39. The van der Waals surface area contributed by atoms with Gasteiger partial charge in [-0.05, 0) is 0 Å². The van der Waals surface area contributed by atoms with E-state index in [-0.39, 0.29) is 5.13 Å². The maximum Gasteiger partial charge on any atom is 0.445 e. The van der Waals surface area contributed by atoms with E-state index in [1.807, 2.05) is 13.8 Å². The lowest BCUT2D eigenvalue weighted by atomic mass is 10.4. The molecule has 4 nitrogen and oxygen atoms in total. The summed E-state index contributed by atoms with van der Waals surface area (Å²) in [5.74, 6) is 0. The Labute approximate surface area is 95.3 Å². The first-order valence-electron chi connectivity index (χ1n) is 4.77. The predicted octanol–water partition coefficient (Wildman–Crippen LogP) is 1.97. The van der Waals surface area contributed by atoms with Gasteiger partial charge < -0.3 is 10.6 Å². The second-order valence-electron chi connectivity index (χ2n) is 3.45. The number of alkyl halides is 3. The summed E-state index contributed by atoms with van der Waals surface area (Å²) in [6.07, 6.45) is -4.41. The summed E-state index contributed by atoms with van der Waals surface area (Å²) in [6.45, 7) is 5.17. The van der Waals surface area contributed by atoms with Crippen LogP contribution in [0.3, 0.4) is 0 Å². The molecule has 16 heavy (non-hydrogen) atoms. The molecule has 0 saturated carbocycles. The molecule has 0 aliphatic heterocycles. The molecule has 0 aliphatic rings. The molecule has 0 aliphatic carbocycles. The van der Waals surface area contributed by atoms with Crippen molar-refractivity contribution in [1.82, 2.24) is 15.5 Å². The number of nitrogens with zero attached hydrogens (tertiary/aromatic N) is 2. The Morgan fingerprint density at radius 2 is 1.94 bits per heavy atom. The van der Waals surface area contributed by atoms with E-state index in [0.717, 1.165) is 0 Å². The van der Waals surface area contributed by atoms with Crippen LogP contribution in [0, 0.1) is 0 Å². The first kappa shape index (κ1) is 13.2. The summed E-state index contributed by atoms with van der Waals surface area (Å²) in [5, 5.41) is 11.6. The molecule has 0 unspecified atom stereocenters. The van der Waals surface area contributed by atoms with Crippen molar-refractivity contribution in [2.45, 2.75) is 26.1 Å². The number of hydrogen-bond acceptors (Lipinski definition) is 5. The molecule has 0 radical (unpaired) electrons. The molecule has 0 spiro atoms. The van der Waals surface area contributed by atoms with Crippen molar-refractivity contribution in [2.24, 2.45) is 0 Å². The van der Waals surface area contributed by atoms with Crippen LogP contribution in [0.25, 0.3) is 0 Å². The van der Waals surface area contributed by atoms with Crippen molar-refractivity contribution >= 4 is 16.5 Å². The quantitative estimate of drug-likeness (QED) is 0.789. The Hall–Kier alpha value is -0.890. The Morgan fingerprint density at radius 3 is 2.44 bits per heavy atom. The number of halogens is 3. The summed E-state index contributed by atoms with van der Waals surface area (Å²) in [5.41, 5.74) is 0. The molecule has 92 valence electrons. The van der Waals surface area contributed by atoms with Crippen LogP contribution in [0.5, 0.6) is 0 Å². The highest BCUT2D eigenvalue weighted by Gasteiger charge is 2.35. The van der Waals surface area contributed by atoms with Gasteiger partial charge in [-0.3, -0.25) is 0 Å². The molecule has 0 aromatic carbocycles. The highest BCUT2D eigenvalue weighted by atomic mass is 32.1. The van der Waals surface area contributed by atoms with E-state index in [9.17, 15) is 13.2 Å². The summed E-state index contributed by atoms with van der Waals surface area (Å²) in [4.78, 5) is 0. The second-order valence-corrected chi connectivity index (χ2v) is 4.42. The lowest BCUT2D eigenvalue weighted by molar-refractivity contribution is -0.138. The summed E-state index contributed by atoms with van der Waals surface area (Å²) >= 11 is 0.513. The van der Waals surface area contributed by atoms with Gasteiger partial charge in [0, 0.05) is 19.1 Å². The van der Waals surface area contributed by atoms with Crippen LogP contribution >= 0.6 is 11.3 Å². The van der Waals surface area contributed by atoms with Crippen molar-refractivity contribution < 1.29 is 13.2 Å². The fourth-order valence-electron chi connectivity index (χ4n) is 0.939. The van der Waals surface area contributed by atoms with Crippen LogP contribution in [-0.2, 0) is 6.18 Å².